The van der Waals surface area contributed by atoms with Crippen molar-refractivity contribution in [2.24, 2.45) is 9.98 Å². The molecule has 5 aromatic rings. The van der Waals surface area contributed by atoms with Crippen LogP contribution in [-0.4, -0.2) is 17.5 Å². The quantitative estimate of drug-likeness (QED) is 0.178. The maximum Gasteiger partial charge on any atom is 2.00 e. The molecule has 4 aliphatic rings. The van der Waals surface area contributed by atoms with Gasteiger partial charge in [0.15, 0.2) is 0 Å². The van der Waals surface area contributed by atoms with Gasteiger partial charge in [-0.3, -0.25) is 0 Å². The first kappa shape index (κ1) is 30.7. The number of aromatic nitrogens is 1. The normalized spacial score (nSPS) is 23.0. The van der Waals surface area contributed by atoms with Crippen molar-refractivity contribution in [3.63, 3.8) is 0 Å². The molecule has 9 rings (SSSR count). The number of rotatable bonds is 4. The molecule has 0 amide bonds. The van der Waals surface area contributed by atoms with E-state index in [1.165, 1.54) is 0 Å². The van der Waals surface area contributed by atoms with Crippen LogP contribution in [-0.2, 0) is 19.5 Å². The summed E-state index contributed by atoms with van der Waals surface area (Å²) in [7, 11) is 0. The second kappa shape index (κ2) is 13.1. The van der Waals surface area contributed by atoms with E-state index >= 15 is 0 Å². The minimum Gasteiger partial charge on any atom is -0.677 e. The van der Waals surface area contributed by atoms with Crippen molar-refractivity contribution in [2.75, 3.05) is 0 Å². The van der Waals surface area contributed by atoms with Crippen LogP contribution in [0.15, 0.2) is 191 Å². The van der Waals surface area contributed by atoms with E-state index in [0.29, 0.717) is 0 Å². The Kier molecular flexibility index (Phi) is 8.21. The van der Waals surface area contributed by atoms with E-state index in [9.17, 15) is 0 Å². The summed E-state index contributed by atoms with van der Waals surface area (Å²) in [6.45, 7) is 0. The van der Waals surface area contributed by atoms with Gasteiger partial charge in [0.05, 0.1) is 22.8 Å². The van der Waals surface area contributed by atoms with Gasteiger partial charge in [-0.25, -0.2) is 9.98 Å². The van der Waals surface area contributed by atoms with Crippen molar-refractivity contribution >= 4 is 33.7 Å². The Morgan fingerprint density at radius 2 is 0.918 bits per heavy atom. The van der Waals surface area contributed by atoms with Crippen molar-refractivity contribution in [3.8, 4) is 0 Å². The van der Waals surface area contributed by atoms with Crippen LogP contribution in [0, 0.1) is 0 Å². The molecule has 4 nitrogen and oxygen atoms in total. The smallest absolute Gasteiger partial charge is 0.677 e. The average molecular weight is 680 g/mol. The summed E-state index contributed by atoms with van der Waals surface area (Å²) in [5, 5.41) is 7.19. The molecule has 1 unspecified atom stereocenters. The topological polar surface area (TPSA) is 52.9 Å². The standard InChI is InChI=1S/C44H30N4.Zn/c1-5-13-29(14-6-1)41-33-21-23-35(45-33)42(30-15-7-2-8-16-30)37-25-27-39(47-37)44(32-19-11-4-12-20-32)40-28-26-38(48-40)43(31-17-9-3-10-18-31)36-24-22-34(41)46-36;/h1-27,40H,28H2;/q-2;+2/b41-33-,42-35-,43-36-,44-39-;. The Balaban J connectivity index is 0.00000348. The first-order chi connectivity index (χ1) is 23.8. The minimum absolute atomic E-state index is 0. The van der Waals surface area contributed by atoms with Crippen LogP contribution < -0.4 is 15.7 Å². The SMILES string of the molecule is C1=C/C2=C(\c3ccccc3)C3=CCC([N-]3)/C(c3ccccc3)=C3/C=CC(=N3)/C(c3ccccc3)=c3/cc/c([n-]3)=C(\c3ccccc3)C1=N2.[Zn+2]. The Labute approximate surface area is 298 Å². The Morgan fingerprint density at radius 3 is 1.45 bits per heavy atom. The fourth-order valence-electron chi connectivity index (χ4n) is 7.00. The molecule has 228 valence electrons. The maximum absolute atomic E-state index is 5.45. The van der Waals surface area contributed by atoms with Crippen molar-refractivity contribution < 1.29 is 19.5 Å². The third kappa shape index (κ3) is 5.67. The molecule has 0 fully saturated rings. The number of fused-ring (bicyclic) bond motifs is 6. The average Bonchev–Trinajstić information content (AvgIpc) is 3.98. The van der Waals surface area contributed by atoms with Crippen molar-refractivity contribution in [2.45, 2.75) is 12.5 Å². The van der Waals surface area contributed by atoms with Crippen LogP contribution in [0.25, 0.3) is 27.6 Å². The first-order valence-electron chi connectivity index (χ1n) is 16.3. The molecule has 49 heavy (non-hydrogen) atoms. The molecule has 4 aromatic carbocycles. The molecule has 0 saturated heterocycles. The van der Waals surface area contributed by atoms with E-state index < -0.39 is 0 Å². The van der Waals surface area contributed by atoms with E-state index in [4.69, 9.17) is 20.3 Å². The first-order valence-corrected chi connectivity index (χ1v) is 16.3. The third-order valence-corrected chi connectivity index (χ3v) is 9.17. The molecule has 0 spiro atoms. The minimum atomic E-state index is -0.0959. The van der Waals surface area contributed by atoms with E-state index in [0.717, 1.165) is 90.2 Å². The summed E-state index contributed by atoms with van der Waals surface area (Å²) >= 11 is 0. The monoisotopic (exact) mass is 678 g/mol. The van der Waals surface area contributed by atoms with Gasteiger partial charge in [0.25, 0.3) is 0 Å². The van der Waals surface area contributed by atoms with Crippen LogP contribution in [0.5, 0.6) is 0 Å². The molecule has 5 heterocycles. The van der Waals surface area contributed by atoms with Gasteiger partial charge in [-0.1, -0.05) is 146 Å². The molecule has 0 N–H and O–H groups in total. The van der Waals surface area contributed by atoms with Gasteiger partial charge >= 0.3 is 19.5 Å². The van der Waals surface area contributed by atoms with Gasteiger partial charge in [-0.05, 0) is 75.3 Å². The van der Waals surface area contributed by atoms with Crippen LogP contribution in [0.3, 0.4) is 0 Å². The Morgan fingerprint density at radius 1 is 0.469 bits per heavy atom. The summed E-state index contributed by atoms with van der Waals surface area (Å²) in [5.74, 6) is 0. The molecule has 1 aromatic heterocycles. The van der Waals surface area contributed by atoms with Crippen LogP contribution in [0.1, 0.15) is 28.7 Å². The van der Waals surface area contributed by atoms with E-state index in [2.05, 4.69) is 146 Å². The number of nitrogens with zero attached hydrogens (tertiary/aromatic N) is 4. The summed E-state index contributed by atoms with van der Waals surface area (Å²) in [6.07, 6.45) is 11.6. The predicted octanol–water partition coefficient (Wildman–Crippen LogP) is 7.93. The van der Waals surface area contributed by atoms with Gasteiger partial charge in [0.2, 0.25) is 0 Å². The number of aliphatic imine (C=N–C) groups is 2. The van der Waals surface area contributed by atoms with E-state index in [1.807, 2.05) is 18.2 Å². The molecule has 0 radical (unpaired) electrons. The van der Waals surface area contributed by atoms with Gasteiger partial charge in [0.1, 0.15) is 0 Å². The van der Waals surface area contributed by atoms with Crippen molar-refractivity contribution in [3.05, 3.63) is 219 Å². The van der Waals surface area contributed by atoms with Gasteiger partial charge in [-0.15, -0.1) is 16.4 Å². The zero-order valence-corrected chi connectivity index (χ0v) is 29.8. The largest absolute Gasteiger partial charge is 2.00 e. The van der Waals surface area contributed by atoms with Gasteiger partial charge in [0, 0.05) is 0 Å². The van der Waals surface area contributed by atoms with Crippen LogP contribution >= 0.6 is 0 Å². The Hall–Kier alpha value is -5.64. The molecular weight excluding hydrogens is 650 g/mol. The Bertz CT molecular complexity index is 2410. The number of hydrogen-bond donors (Lipinski definition) is 0. The molecule has 4 aliphatic heterocycles. The number of benzene rings is 4. The summed E-state index contributed by atoms with van der Waals surface area (Å²) in [6, 6.07) is 46.1. The van der Waals surface area contributed by atoms with Crippen molar-refractivity contribution in [1.29, 1.82) is 0 Å². The van der Waals surface area contributed by atoms with Crippen LogP contribution in [0.2, 0.25) is 0 Å². The summed E-state index contributed by atoms with van der Waals surface area (Å²) in [4.78, 5) is 16.0. The molecule has 0 aliphatic carbocycles. The summed E-state index contributed by atoms with van der Waals surface area (Å²) in [5.41, 5.74) is 13.0. The number of allylic oxidation sites excluding steroid dienone is 5. The van der Waals surface area contributed by atoms with Crippen molar-refractivity contribution in [1.82, 2.24) is 4.98 Å². The fraction of sp³-hybridized carbons (Fsp3) is 0.0455. The number of hydrogen-bond acceptors (Lipinski definition) is 2. The molecular formula is C44H30N4Zn. The zero-order chi connectivity index (χ0) is 31.9. The van der Waals surface area contributed by atoms with Gasteiger partial charge in [-0.2, -0.15) is 0 Å². The molecule has 8 bridgehead atoms. The zero-order valence-electron chi connectivity index (χ0n) is 26.9. The molecule has 0 saturated carbocycles. The second-order valence-corrected chi connectivity index (χ2v) is 12.1. The summed E-state index contributed by atoms with van der Waals surface area (Å²) < 4.78 is 0. The van der Waals surface area contributed by atoms with E-state index in [-0.39, 0.29) is 25.5 Å². The van der Waals surface area contributed by atoms with Gasteiger partial charge < -0.3 is 10.3 Å². The maximum atomic E-state index is 5.45. The second-order valence-electron chi connectivity index (χ2n) is 12.1. The molecule has 1 atom stereocenters. The fourth-order valence-corrected chi connectivity index (χ4v) is 7.00. The third-order valence-electron chi connectivity index (χ3n) is 9.17. The van der Waals surface area contributed by atoms with Crippen LogP contribution in [0.4, 0.5) is 0 Å². The predicted molar refractivity (Wildman–Crippen MR) is 197 cm³/mol. The van der Waals surface area contributed by atoms with E-state index in [1.54, 1.807) is 0 Å². The molecule has 5 heteroatoms.